The molecule has 1 saturated heterocycles. The second-order valence-electron chi connectivity index (χ2n) is 5.05. The molecule has 1 aromatic carbocycles. The summed E-state index contributed by atoms with van der Waals surface area (Å²) in [7, 11) is 0. The third kappa shape index (κ3) is 3.35. The quantitative estimate of drug-likeness (QED) is 0.921. The van der Waals surface area contributed by atoms with Crippen LogP contribution in [0, 0.1) is 0 Å². The summed E-state index contributed by atoms with van der Waals surface area (Å²) in [6, 6.07) is 4.97. The van der Waals surface area contributed by atoms with Gasteiger partial charge in [-0.3, -0.25) is 0 Å². The number of benzene rings is 1. The van der Waals surface area contributed by atoms with Crippen molar-refractivity contribution in [2.24, 2.45) is 0 Å². The minimum absolute atomic E-state index is 0.289. The Bertz CT molecular complexity index is 615. The number of piperazine rings is 1. The van der Waals surface area contributed by atoms with Crippen LogP contribution in [-0.4, -0.2) is 46.4 Å². The first-order valence-corrected chi connectivity index (χ1v) is 6.92. The molecule has 6 nitrogen and oxygen atoms in total. The van der Waals surface area contributed by atoms with E-state index in [2.05, 4.69) is 20.7 Å². The van der Waals surface area contributed by atoms with Crippen molar-refractivity contribution in [3.63, 3.8) is 0 Å². The van der Waals surface area contributed by atoms with Gasteiger partial charge in [0.05, 0.1) is 12.1 Å². The van der Waals surface area contributed by atoms with Crippen molar-refractivity contribution < 1.29 is 13.2 Å². The van der Waals surface area contributed by atoms with Crippen LogP contribution in [0.5, 0.6) is 0 Å². The Balaban J connectivity index is 1.67. The molecule has 1 fully saturated rings. The largest absolute Gasteiger partial charge is 0.416 e. The summed E-state index contributed by atoms with van der Waals surface area (Å²) in [6.07, 6.45) is -4.32. The zero-order valence-electron chi connectivity index (χ0n) is 11.7. The number of rotatable bonds is 3. The van der Waals surface area contributed by atoms with E-state index in [-0.39, 0.29) is 6.54 Å². The number of hydrogen-bond acceptors (Lipinski definition) is 5. The van der Waals surface area contributed by atoms with Crippen molar-refractivity contribution >= 4 is 5.95 Å². The molecule has 0 amide bonds. The van der Waals surface area contributed by atoms with Crippen LogP contribution in [0.15, 0.2) is 24.3 Å². The maximum absolute atomic E-state index is 12.5. The average Bonchev–Trinajstić information content (AvgIpc) is 2.96. The van der Waals surface area contributed by atoms with Gasteiger partial charge in [0.15, 0.2) is 0 Å². The molecule has 2 heterocycles. The standard InChI is InChI=1S/C13H15F3N6/c14-13(15,16)11-3-1-10(2-4-11)9-22-19-12(18-20-22)21-7-5-17-6-8-21/h1-4,17H,5-9H2. The van der Waals surface area contributed by atoms with Gasteiger partial charge in [0, 0.05) is 26.2 Å². The van der Waals surface area contributed by atoms with Gasteiger partial charge in [0.25, 0.3) is 5.95 Å². The minimum Gasteiger partial charge on any atom is -0.336 e. The van der Waals surface area contributed by atoms with Crippen LogP contribution in [0.3, 0.4) is 0 Å². The fourth-order valence-electron chi connectivity index (χ4n) is 2.26. The average molecular weight is 312 g/mol. The van der Waals surface area contributed by atoms with Gasteiger partial charge in [-0.2, -0.15) is 18.0 Å². The molecule has 0 saturated carbocycles. The molecule has 1 aliphatic heterocycles. The second-order valence-corrected chi connectivity index (χ2v) is 5.05. The Labute approximate surface area is 124 Å². The van der Waals surface area contributed by atoms with Crippen molar-refractivity contribution in [1.29, 1.82) is 0 Å². The van der Waals surface area contributed by atoms with Crippen molar-refractivity contribution in [1.82, 2.24) is 25.5 Å². The maximum atomic E-state index is 12.5. The first-order chi connectivity index (χ1) is 10.5. The molecule has 1 N–H and O–H groups in total. The lowest BCUT2D eigenvalue weighted by molar-refractivity contribution is -0.137. The number of alkyl halides is 3. The molecular formula is C13H15F3N6. The van der Waals surface area contributed by atoms with E-state index >= 15 is 0 Å². The van der Waals surface area contributed by atoms with Crippen LogP contribution in [0.25, 0.3) is 0 Å². The number of anilines is 1. The summed E-state index contributed by atoms with van der Waals surface area (Å²) in [6.45, 7) is 3.65. The molecule has 3 rings (SSSR count). The number of halogens is 3. The number of hydrogen-bond donors (Lipinski definition) is 1. The SMILES string of the molecule is FC(F)(F)c1ccc(Cn2nnc(N3CCNCC3)n2)cc1. The molecule has 0 radical (unpaired) electrons. The topological polar surface area (TPSA) is 58.9 Å². The Morgan fingerprint density at radius 2 is 1.77 bits per heavy atom. The molecule has 0 spiro atoms. The van der Waals surface area contributed by atoms with Crippen LogP contribution in [-0.2, 0) is 12.7 Å². The zero-order chi connectivity index (χ0) is 15.6. The highest BCUT2D eigenvalue weighted by Gasteiger charge is 2.29. The van der Waals surface area contributed by atoms with Crippen molar-refractivity contribution in [3.8, 4) is 0 Å². The summed E-state index contributed by atoms with van der Waals surface area (Å²) in [5.41, 5.74) is 0.0292. The monoisotopic (exact) mass is 312 g/mol. The lowest BCUT2D eigenvalue weighted by Gasteiger charge is -2.25. The molecule has 2 aromatic rings. The number of tetrazole rings is 1. The lowest BCUT2D eigenvalue weighted by Crippen LogP contribution is -2.44. The van der Waals surface area contributed by atoms with Crippen molar-refractivity contribution in [2.45, 2.75) is 12.7 Å². The Kier molecular flexibility index (Phi) is 3.97. The van der Waals surface area contributed by atoms with E-state index in [1.54, 1.807) is 0 Å². The smallest absolute Gasteiger partial charge is 0.336 e. The van der Waals surface area contributed by atoms with Gasteiger partial charge in [0.1, 0.15) is 0 Å². The first-order valence-electron chi connectivity index (χ1n) is 6.92. The Morgan fingerprint density at radius 1 is 1.09 bits per heavy atom. The highest BCUT2D eigenvalue weighted by atomic mass is 19.4. The third-order valence-corrected chi connectivity index (χ3v) is 3.45. The second kappa shape index (κ2) is 5.91. The third-order valence-electron chi connectivity index (χ3n) is 3.45. The van der Waals surface area contributed by atoms with Gasteiger partial charge in [0.2, 0.25) is 0 Å². The summed E-state index contributed by atoms with van der Waals surface area (Å²) >= 11 is 0. The highest BCUT2D eigenvalue weighted by molar-refractivity contribution is 5.28. The lowest BCUT2D eigenvalue weighted by atomic mass is 10.1. The van der Waals surface area contributed by atoms with E-state index < -0.39 is 11.7 Å². The van der Waals surface area contributed by atoms with Gasteiger partial charge in [-0.05, 0) is 22.9 Å². The van der Waals surface area contributed by atoms with E-state index in [4.69, 9.17) is 0 Å². The first kappa shape index (κ1) is 14.8. The number of nitrogens with one attached hydrogen (secondary N) is 1. The molecule has 118 valence electrons. The molecule has 0 bridgehead atoms. The Morgan fingerprint density at radius 3 is 2.41 bits per heavy atom. The zero-order valence-corrected chi connectivity index (χ0v) is 11.7. The predicted molar refractivity (Wildman–Crippen MR) is 73.4 cm³/mol. The molecule has 9 heteroatoms. The molecule has 1 aromatic heterocycles. The minimum atomic E-state index is -4.32. The van der Waals surface area contributed by atoms with Crippen LogP contribution >= 0.6 is 0 Å². The van der Waals surface area contributed by atoms with Gasteiger partial charge < -0.3 is 10.2 Å². The van der Waals surface area contributed by atoms with Gasteiger partial charge in [-0.25, -0.2) is 0 Å². The molecular weight excluding hydrogens is 297 g/mol. The maximum Gasteiger partial charge on any atom is 0.416 e. The van der Waals surface area contributed by atoms with E-state index in [0.29, 0.717) is 11.5 Å². The van der Waals surface area contributed by atoms with Crippen LogP contribution < -0.4 is 10.2 Å². The van der Waals surface area contributed by atoms with Crippen LogP contribution in [0.1, 0.15) is 11.1 Å². The molecule has 22 heavy (non-hydrogen) atoms. The van der Waals surface area contributed by atoms with Crippen LogP contribution in [0.2, 0.25) is 0 Å². The van der Waals surface area contributed by atoms with Gasteiger partial charge >= 0.3 is 6.18 Å². The fourth-order valence-corrected chi connectivity index (χ4v) is 2.26. The van der Waals surface area contributed by atoms with E-state index in [1.165, 1.54) is 16.9 Å². The van der Waals surface area contributed by atoms with Crippen molar-refractivity contribution in [2.75, 3.05) is 31.1 Å². The fraction of sp³-hybridized carbons (Fsp3) is 0.462. The summed E-state index contributed by atoms with van der Waals surface area (Å²) in [5.74, 6) is 0.549. The van der Waals surface area contributed by atoms with E-state index in [9.17, 15) is 13.2 Å². The predicted octanol–water partition coefficient (Wildman–Crippen LogP) is 1.15. The molecule has 1 aliphatic rings. The molecule has 0 aliphatic carbocycles. The summed E-state index contributed by atoms with van der Waals surface area (Å²) in [5, 5.41) is 15.4. The normalized spacial score (nSPS) is 16.0. The van der Waals surface area contributed by atoms with Gasteiger partial charge in [-0.15, -0.1) is 5.10 Å². The molecule has 0 unspecified atom stereocenters. The van der Waals surface area contributed by atoms with Crippen molar-refractivity contribution in [3.05, 3.63) is 35.4 Å². The summed E-state index contributed by atoms with van der Waals surface area (Å²) < 4.78 is 37.5. The summed E-state index contributed by atoms with van der Waals surface area (Å²) in [4.78, 5) is 3.41. The van der Waals surface area contributed by atoms with E-state index in [1.807, 2.05) is 4.90 Å². The molecule has 0 atom stereocenters. The Hall–Kier alpha value is -2.16. The highest BCUT2D eigenvalue weighted by Crippen LogP contribution is 2.29. The van der Waals surface area contributed by atoms with E-state index in [0.717, 1.165) is 38.3 Å². The van der Waals surface area contributed by atoms with Gasteiger partial charge in [-0.1, -0.05) is 17.2 Å². The number of nitrogens with zero attached hydrogens (tertiary/aromatic N) is 5. The van der Waals surface area contributed by atoms with Crippen LogP contribution in [0.4, 0.5) is 19.1 Å². The number of aromatic nitrogens is 4.